The van der Waals surface area contributed by atoms with Crippen molar-refractivity contribution in [3.63, 3.8) is 0 Å². The number of aliphatic hydroxyl groups is 1. The van der Waals surface area contributed by atoms with Crippen LogP contribution in [0.3, 0.4) is 0 Å². The molecule has 2 heteroatoms. The van der Waals surface area contributed by atoms with Crippen LogP contribution in [0, 0.1) is 6.92 Å². The summed E-state index contributed by atoms with van der Waals surface area (Å²) >= 11 is 0. The van der Waals surface area contributed by atoms with E-state index < -0.39 is 0 Å². The van der Waals surface area contributed by atoms with Crippen molar-refractivity contribution in [1.82, 2.24) is 0 Å². The van der Waals surface area contributed by atoms with Gasteiger partial charge in [-0.05, 0) is 37.0 Å². The van der Waals surface area contributed by atoms with Crippen molar-refractivity contribution >= 4 is 0 Å². The molecule has 0 radical (unpaired) electrons. The first-order valence-electron chi connectivity index (χ1n) is 5.99. The highest BCUT2D eigenvalue weighted by Gasteiger charge is 2.07. The maximum absolute atomic E-state index is 9.91. The van der Waals surface area contributed by atoms with Gasteiger partial charge in [-0.2, -0.15) is 0 Å². The van der Waals surface area contributed by atoms with Crippen LogP contribution in [0.5, 0.6) is 0 Å². The fourth-order valence-corrected chi connectivity index (χ4v) is 1.98. The Balaban J connectivity index is 1.82. The maximum atomic E-state index is 9.91. The lowest BCUT2D eigenvalue weighted by atomic mass is 10.0. The Hall–Kier alpha value is -1.54. The maximum Gasteiger partial charge on any atom is 0.0935 e. The molecule has 1 atom stereocenters. The van der Waals surface area contributed by atoms with Gasteiger partial charge in [0.1, 0.15) is 0 Å². The Morgan fingerprint density at radius 1 is 1.24 bits per heavy atom. The van der Waals surface area contributed by atoms with Crippen molar-refractivity contribution < 1.29 is 9.52 Å². The van der Waals surface area contributed by atoms with E-state index >= 15 is 0 Å². The van der Waals surface area contributed by atoms with Crippen molar-refractivity contribution in [3.05, 3.63) is 59.5 Å². The normalized spacial score (nSPS) is 12.6. The molecule has 2 nitrogen and oxygen atoms in total. The monoisotopic (exact) mass is 230 g/mol. The van der Waals surface area contributed by atoms with E-state index in [-0.39, 0.29) is 6.10 Å². The molecule has 1 unspecified atom stereocenters. The van der Waals surface area contributed by atoms with E-state index in [2.05, 4.69) is 31.2 Å². The second-order valence-electron chi connectivity index (χ2n) is 4.52. The first-order valence-corrected chi connectivity index (χ1v) is 5.99. The SMILES string of the molecule is Cc1cccc(CCC(O)Cc2ccoc2)c1. The van der Waals surface area contributed by atoms with Crippen LogP contribution in [-0.2, 0) is 12.8 Å². The summed E-state index contributed by atoms with van der Waals surface area (Å²) in [5.74, 6) is 0. The Morgan fingerprint density at radius 3 is 2.82 bits per heavy atom. The largest absolute Gasteiger partial charge is 0.472 e. The van der Waals surface area contributed by atoms with Gasteiger partial charge in [-0.1, -0.05) is 29.8 Å². The molecule has 0 spiro atoms. The number of aliphatic hydroxyl groups excluding tert-OH is 1. The molecule has 2 aromatic rings. The Kier molecular flexibility index (Phi) is 3.99. The van der Waals surface area contributed by atoms with Gasteiger partial charge in [0.15, 0.2) is 0 Å². The van der Waals surface area contributed by atoms with Gasteiger partial charge in [0, 0.05) is 6.42 Å². The van der Waals surface area contributed by atoms with Crippen molar-refractivity contribution in [3.8, 4) is 0 Å². The molecular weight excluding hydrogens is 212 g/mol. The topological polar surface area (TPSA) is 33.4 Å². The quantitative estimate of drug-likeness (QED) is 0.856. The summed E-state index contributed by atoms with van der Waals surface area (Å²) in [4.78, 5) is 0. The van der Waals surface area contributed by atoms with Crippen molar-refractivity contribution in [1.29, 1.82) is 0 Å². The van der Waals surface area contributed by atoms with Crippen LogP contribution in [-0.4, -0.2) is 11.2 Å². The third kappa shape index (κ3) is 3.75. The molecule has 0 saturated heterocycles. The molecule has 0 amide bonds. The third-order valence-electron chi connectivity index (χ3n) is 2.90. The van der Waals surface area contributed by atoms with E-state index in [1.54, 1.807) is 12.5 Å². The summed E-state index contributed by atoms with van der Waals surface area (Å²) in [6.07, 6.45) is 5.41. The lowest BCUT2D eigenvalue weighted by Crippen LogP contribution is -2.11. The van der Waals surface area contributed by atoms with Gasteiger partial charge in [-0.15, -0.1) is 0 Å². The summed E-state index contributed by atoms with van der Waals surface area (Å²) in [7, 11) is 0. The molecule has 1 aromatic heterocycles. The molecule has 0 aliphatic heterocycles. The number of benzene rings is 1. The standard InChI is InChI=1S/C15H18O2/c1-12-3-2-4-13(9-12)5-6-15(16)10-14-7-8-17-11-14/h2-4,7-9,11,15-16H,5-6,10H2,1H3. The zero-order valence-electron chi connectivity index (χ0n) is 10.1. The zero-order valence-corrected chi connectivity index (χ0v) is 10.1. The summed E-state index contributed by atoms with van der Waals surface area (Å²) < 4.78 is 4.98. The first kappa shape index (κ1) is 11.9. The molecular formula is C15H18O2. The highest BCUT2D eigenvalue weighted by Crippen LogP contribution is 2.11. The van der Waals surface area contributed by atoms with Gasteiger partial charge in [0.05, 0.1) is 18.6 Å². The smallest absolute Gasteiger partial charge is 0.0935 e. The van der Waals surface area contributed by atoms with E-state index in [4.69, 9.17) is 4.42 Å². The number of hydrogen-bond donors (Lipinski definition) is 1. The lowest BCUT2D eigenvalue weighted by Gasteiger charge is -2.09. The number of rotatable bonds is 5. The number of aryl methyl sites for hydroxylation is 2. The van der Waals surface area contributed by atoms with E-state index in [0.29, 0.717) is 6.42 Å². The highest BCUT2D eigenvalue weighted by molar-refractivity contribution is 5.22. The van der Waals surface area contributed by atoms with Gasteiger partial charge in [0.25, 0.3) is 0 Å². The zero-order chi connectivity index (χ0) is 12.1. The average Bonchev–Trinajstić information content (AvgIpc) is 2.79. The van der Waals surface area contributed by atoms with E-state index in [9.17, 15) is 5.11 Å². The van der Waals surface area contributed by atoms with E-state index in [1.165, 1.54) is 11.1 Å². The molecule has 1 heterocycles. The van der Waals surface area contributed by atoms with Gasteiger partial charge >= 0.3 is 0 Å². The van der Waals surface area contributed by atoms with Crippen LogP contribution in [0.25, 0.3) is 0 Å². The van der Waals surface area contributed by atoms with Crippen molar-refractivity contribution in [2.45, 2.75) is 32.3 Å². The Labute approximate surface area is 102 Å². The number of hydrogen-bond acceptors (Lipinski definition) is 2. The molecule has 0 aliphatic rings. The van der Waals surface area contributed by atoms with Crippen LogP contribution in [0.2, 0.25) is 0 Å². The highest BCUT2D eigenvalue weighted by atomic mass is 16.3. The van der Waals surface area contributed by atoms with Gasteiger partial charge in [0.2, 0.25) is 0 Å². The fraction of sp³-hybridized carbons (Fsp3) is 0.333. The van der Waals surface area contributed by atoms with Crippen LogP contribution in [0.15, 0.2) is 47.3 Å². The van der Waals surface area contributed by atoms with Crippen molar-refractivity contribution in [2.24, 2.45) is 0 Å². The fourth-order valence-electron chi connectivity index (χ4n) is 1.98. The minimum absolute atomic E-state index is 0.298. The molecule has 90 valence electrons. The van der Waals surface area contributed by atoms with E-state index in [0.717, 1.165) is 18.4 Å². The predicted octanol–water partition coefficient (Wildman–Crippen LogP) is 3.12. The second-order valence-corrected chi connectivity index (χ2v) is 4.52. The van der Waals surface area contributed by atoms with Gasteiger partial charge in [-0.25, -0.2) is 0 Å². The van der Waals surface area contributed by atoms with Crippen LogP contribution >= 0.6 is 0 Å². The third-order valence-corrected chi connectivity index (χ3v) is 2.90. The second kappa shape index (κ2) is 5.69. The minimum Gasteiger partial charge on any atom is -0.472 e. The summed E-state index contributed by atoms with van der Waals surface area (Å²) in [6, 6.07) is 10.3. The summed E-state index contributed by atoms with van der Waals surface area (Å²) in [5.41, 5.74) is 3.62. The lowest BCUT2D eigenvalue weighted by molar-refractivity contribution is 0.165. The van der Waals surface area contributed by atoms with Crippen LogP contribution in [0.4, 0.5) is 0 Å². The molecule has 1 N–H and O–H groups in total. The molecule has 0 fully saturated rings. The van der Waals surface area contributed by atoms with Gasteiger partial charge < -0.3 is 9.52 Å². The summed E-state index contributed by atoms with van der Waals surface area (Å²) in [6.45, 7) is 2.09. The molecule has 0 bridgehead atoms. The molecule has 0 saturated carbocycles. The average molecular weight is 230 g/mol. The number of furan rings is 1. The van der Waals surface area contributed by atoms with Gasteiger partial charge in [-0.3, -0.25) is 0 Å². The molecule has 1 aromatic carbocycles. The molecule has 0 aliphatic carbocycles. The first-order chi connectivity index (χ1) is 8.24. The Bertz CT molecular complexity index is 446. The summed E-state index contributed by atoms with van der Waals surface area (Å²) in [5, 5.41) is 9.91. The molecule has 2 rings (SSSR count). The predicted molar refractivity (Wildman–Crippen MR) is 67.9 cm³/mol. The Morgan fingerprint density at radius 2 is 2.12 bits per heavy atom. The van der Waals surface area contributed by atoms with Crippen LogP contribution in [0.1, 0.15) is 23.1 Å². The van der Waals surface area contributed by atoms with Crippen LogP contribution < -0.4 is 0 Å². The minimum atomic E-state index is -0.298. The van der Waals surface area contributed by atoms with Crippen molar-refractivity contribution in [2.75, 3.05) is 0 Å². The molecule has 17 heavy (non-hydrogen) atoms. The van der Waals surface area contributed by atoms with E-state index in [1.807, 2.05) is 6.07 Å².